The number of esters is 1. The monoisotopic (exact) mass is 296 g/mol. The first-order valence-corrected chi connectivity index (χ1v) is 6.00. The summed E-state index contributed by atoms with van der Waals surface area (Å²) in [5, 5.41) is 0. The van der Waals surface area contributed by atoms with E-state index in [9.17, 15) is 18.0 Å². The van der Waals surface area contributed by atoms with Gasteiger partial charge in [-0.1, -0.05) is 0 Å². The van der Waals surface area contributed by atoms with Crippen molar-refractivity contribution in [3.63, 3.8) is 0 Å². The van der Waals surface area contributed by atoms with E-state index in [2.05, 4.69) is 0 Å². The second kappa shape index (κ2) is 6.65. The highest BCUT2D eigenvalue weighted by Gasteiger charge is 2.32. The van der Waals surface area contributed by atoms with E-state index in [1.54, 1.807) is 6.92 Å². The van der Waals surface area contributed by atoms with Gasteiger partial charge in [-0.25, -0.2) is 4.79 Å². The molecule has 0 aliphatic rings. The van der Waals surface area contributed by atoms with Crippen molar-refractivity contribution in [2.45, 2.75) is 13.1 Å². The Balaban J connectivity index is 3.12. The van der Waals surface area contributed by atoms with Crippen LogP contribution in [0.1, 0.15) is 22.8 Å². The number of benzene rings is 1. The summed E-state index contributed by atoms with van der Waals surface area (Å²) in [5.74, 6) is -0.826. The van der Waals surface area contributed by atoms with Gasteiger partial charge < -0.3 is 9.47 Å². The molecule has 0 aliphatic heterocycles. The zero-order valence-corrected chi connectivity index (χ0v) is 10.8. The average Bonchev–Trinajstić information content (AvgIpc) is 2.35. The lowest BCUT2D eigenvalue weighted by Crippen LogP contribution is -2.12. The molecule has 1 aromatic rings. The molecule has 1 aromatic carbocycles. The maximum atomic E-state index is 12.6. The molecule has 0 spiro atoms. The summed E-state index contributed by atoms with van der Waals surface area (Å²) < 4.78 is 47.5. The summed E-state index contributed by atoms with van der Waals surface area (Å²) in [7, 11) is 0. The highest BCUT2D eigenvalue weighted by atomic mass is 35.5. The normalized spacial score (nSPS) is 11.2. The fourth-order valence-electron chi connectivity index (χ4n) is 1.34. The van der Waals surface area contributed by atoms with Crippen LogP contribution in [0.15, 0.2) is 18.2 Å². The molecular formula is C12H12ClF3O3. The summed E-state index contributed by atoms with van der Waals surface area (Å²) in [6, 6.07) is 2.60. The number of alkyl halides is 4. The summed E-state index contributed by atoms with van der Waals surface area (Å²) in [6.07, 6.45) is -4.51. The summed E-state index contributed by atoms with van der Waals surface area (Å²) >= 11 is 5.41. The van der Waals surface area contributed by atoms with E-state index in [1.165, 1.54) is 0 Å². The SMILES string of the molecule is CCOC(=O)c1ccc(C(F)(F)F)cc1OCCCl. The lowest BCUT2D eigenvalue weighted by Gasteiger charge is -2.13. The number of hydrogen-bond acceptors (Lipinski definition) is 3. The number of halogens is 4. The molecule has 106 valence electrons. The van der Waals surface area contributed by atoms with Gasteiger partial charge in [0.1, 0.15) is 17.9 Å². The minimum atomic E-state index is -4.51. The van der Waals surface area contributed by atoms with Gasteiger partial charge in [-0.2, -0.15) is 13.2 Å². The van der Waals surface area contributed by atoms with Crippen LogP contribution in [0.25, 0.3) is 0 Å². The highest BCUT2D eigenvalue weighted by molar-refractivity contribution is 6.18. The lowest BCUT2D eigenvalue weighted by atomic mass is 10.1. The quantitative estimate of drug-likeness (QED) is 0.616. The largest absolute Gasteiger partial charge is 0.491 e. The fourth-order valence-corrected chi connectivity index (χ4v) is 1.42. The van der Waals surface area contributed by atoms with Gasteiger partial charge in [0.05, 0.1) is 18.1 Å². The van der Waals surface area contributed by atoms with Crippen LogP contribution in [0.2, 0.25) is 0 Å². The first-order chi connectivity index (χ1) is 8.90. The topological polar surface area (TPSA) is 35.5 Å². The van der Waals surface area contributed by atoms with Gasteiger partial charge in [-0.05, 0) is 25.1 Å². The Morgan fingerprint density at radius 3 is 2.58 bits per heavy atom. The van der Waals surface area contributed by atoms with Gasteiger partial charge in [-0.15, -0.1) is 11.6 Å². The Bertz CT molecular complexity index is 446. The number of ether oxygens (including phenoxy) is 2. The molecule has 0 unspecified atom stereocenters. The number of carbonyl (C=O) groups excluding carboxylic acids is 1. The molecule has 0 saturated heterocycles. The molecule has 3 nitrogen and oxygen atoms in total. The Kier molecular flexibility index (Phi) is 5.47. The molecule has 0 aromatic heterocycles. The van der Waals surface area contributed by atoms with Crippen LogP contribution in [0.5, 0.6) is 5.75 Å². The van der Waals surface area contributed by atoms with Gasteiger partial charge in [0.25, 0.3) is 0 Å². The molecule has 0 bridgehead atoms. The molecule has 0 aliphatic carbocycles. The second-order valence-electron chi connectivity index (χ2n) is 3.47. The first kappa shape index (κ1) is 15.6. The molecule has 0 N–H and O–H groups in total. The molecule has 19 heavy (non-hydrogen) atoms. The second-order valence-corrected chi connectivity index (χ2v) is 3.84. The van der Waals surface area contributed by atoms with Gasteiger partial charge in [0.2, 0.25) is 0 Å². The van der Waals surface area contributed by atoms with E-state index in [0.29, 0.717) is 0 Å². The van der Waals surface area contributed by atoms with E-state index in [-0.39, 0.29) is 30.4 Å². The predicted molar refractivity (Wildman–Crippen MR) is 63.6 cm³/mol. The van der Waals surface area contributed by atoms with Crippen molar-refractivity contribution < 1.29 is 27.4 Å². The standard InChI is InChI=1S/C12H12ClF3O3/c1-2-18-11(17)9-4-3-8(12(14,15)16)7-10(9)19-6-5-13/h3-4,7H,2,5-6H2,1H3. The maximum Gasteiger partial charge on any atom is 0.416 e. The van der Waals surface area contributed by atoms with Crippen LogP contribution >= 0.6 is 11.6 Å². The van der Waals surface area contributed by atoms with Crippen LogP contribution in [-0.2, 0) is 10.9 Å². The summed E-state index contributed by atoms with van der Waals surface area (Å²) in [5.41, 5.74) is -0.954. The molecule has 7 heteroatoms. The Morgan fingerprint density at radius 1 is 1.37 bits per heavy atom. The van der Waals surface area contributed by atoms with E-state index < -0.39 is 17.7 Å². The van der Waals surface area contributed by atoms with Crippen molar-refractivity contribution in [2.24, 2.45) is 0 Å². The van der Waals surface area contributed by atoms with Crippen molar-refractivity contribution in [1.82, 2.24) is 0 Å². The van der Waals surface area contributed by atoms with Crippen LogP contribution in [0, 0.1) is 0 Å². The zero-order chi connectivity index (χ0) is 14.5. The fraction of sp³-hybridized carbons (Fsp3) is 0.417. The van der Waals surface area contributed by atoms with E-state index in [0.717, 1.165) is 18.2 Å². The third kappa shape index (κ3) is 4.31. The first-order valence-electron chi connectivity index (χ1n) is 5.47. The smallest absolute Gasteiger partial charge is 0.416 e. The number of carbonyl (C=O) groups is 1. The van der Waals surface area contributed by atoms with Gasteiger partial charge >= 0.3 is 12.1 Å². The molecule has 1 rings (SSSR count). The Hall–Kier alpha value is -1.43. The molecule has 0 fully saturated rings. The minimum absolute atomic E-state index is 0.00469. The van der Waals surface area contributed by atoms with Crippen molar-refractivity contribution in [2.75, 3.05) is 19.1 Å². The van der Waals surface area contributed by atoms with E-state index >= 15 is 0 Å². The highest BCUT2D eigenvalue weighted by Crippen LogP contribution is 2.33. The molecular weight excluding hydrogens is 285 g/mol. The minimum Gasteiger partial charge on any atom is -0.491 e. The van der Waals surface area contributed by atoms with Gasteiger partial charge in [0.15, 0.2) is 0 Å². The van der Waals surface area contributed by atoms with Gasteiger partial charge in [-0.3, -0.25) is 0 Å². The lowest BCUT2D eigenvalue weighted by molar-refractivity contribution is -0.137. The van der Waals surface area contributed by atoms with Crippen LogP contribution < -0.4 is 4.74 Å². The molecule has 0 atom stereocenters. The maximum absolute atomic E-state index is 12.6. The summed E-state index contributed by atoms with van der Waals surface area (Å²) in [6.45, 7) is 1.71. The third-order valence-corrected chi connectivity index (χ3v) is 2.29. The van der Waals surface area contributed by atoms with Crippen LogP contribution in [0.4, 0.5) is 13.2 Å². The van der Waals surface area contributed by atoms with Crippen molar-refractivity contribution in [1.29, 1.82) is 0 Å². The molecule has 0 heterocycles. The van der Waals surface area contributed by atoms with Crippen LogP contribution in [-0.4, -0.2) is 25.1 Å². The molecule has 0 radical (unpaired) electrons. The van der Waals surface area contributed by atoms with Crippen molar-refractivity contribution >= 4 is 17.6 Å². The average molecular weight is 297 g/mol. The molecule has 0 saturated carbocycles. The number of hydrogen-bond donors (Lipinski definition) is 0. The summed E-state index contributed by atoms with van der Waals surface area (Å²) in [4.78, 5) is 11.6. The van der Waals surface area contributed by atoms with E-state index in [4.69, 9.17) is 21.1 Å². The van der Waals surface area contributed by atoms with Crippen molar-refractivity contribution in [3.05, 3.63) is 29.3 Å². The third-order valence-electron chi connectivity index (χ3n) is 2.14. The molecule has 0 amide bonds. The van der Waals surface area contributed by atoms with Gasteiger partial charge in [0, 0.05) is 0 Å². The predicted octanol–water partition coefficient (Wildman–Crippen LogP) is 3.50. The Morgan fingerprint density at radius 2 is 2.05 bits per heavy atom. The zero-order valence-electron chi connectivity index (χ0n) is 10.1. The van der Waals surface area contributed by atoms with Crippen LogP contribution in [0.3, 0.4) is 0 Å². The number of rotatable bonds is 5. The van der Waals surface area contributed by atoms with Crippen molar-refractivity contribution in [3.8, 4) is 5.75 Å². The Labute approximate surface area is 113 Å². The van der Waals surface area contributed by atoms with E-state index in [1.807, 2.05) is 0 Å².